The van der Waals surface area contributed by atoms with Crippen LogP contribution in [0.5, 0.6) is 0 Å². The molecule has 0 spiro atoms. The number of amides is 1. The van der Waals surface area contributed by atoms with Gasteiger partial charge in [0.05, 0.1) is 6.04 Å². The van der Waals surface area contributed by atoms with Crippen LogP contribution in [-0.4, -0.2) is 17.7 Å². The molecule has 1 aromatic carbocycles. The van der Waals surface area contributed by atoms with E-state index in [0.717, 1.165) is 6.07 Å². The minimum absolute atomic E-state index is 0.135. The van der Waals surface area contributed by atoms with Gasteiger partial charge in [0, 0.05) is 6.42 Å². The predicted octanol–water partition coefficient (Wildman–Crippen LogP) is 3.29. The minimum Gasteiger partial charge on any atom is -0.444 e. The maximum atomic E-state index is 14.4. The van der Waals surface area contributed by atoms with Crippen LogP contribution < -0.4 is 5.32 Å². The molecular formula is C14H17F2NO2. The van der Waals surface area contributed by atoms with Gasteiger partial charge in [0.15, 0.2) is 5.67 Å². The molecule has 104 valence electrons. The van der Waals surface area contributed by atoms with E-state index in [4.69, 9.17) is 4.74 Å². The molecule has 1 fully saturated rings. The summed E-state index contributed by atoms with van der Waals surface area (Å²) in [5.41, 5.74) is -2.08. The summed E-state index contributed by atoms with van der Waals surface area (Å²) in [5.74, 6) is -0.488. The molecule has 0 bridgehead atoms. The second-order valence-electron chi connectivity index (χ2n) is 5.78. The van der Waals surface area contributed by atoms with E-state index in [9.17, 15) is 13.6 Å². The first-order valence-electron chi connectivity index (χ1n) is 6.15. The van der Waals surface area contributed by atoms with Crippen molar-refractivity contribution < 1.29 is 18.3 Å². The summed E-state index contributed by atoms with van der Waals surface area (Å²) in [6.45, 7) is 5.19. The standard InChI is InChI=1S/C14H17F2NO2/c1-13(2,3)19-12(18)17-11-8-14(11,16)9-5-4-6-10(15)7-9/h4-7,11H,8H2,1-3H3,(H,17,18)/t11-,14-/m0/s1. The number of alkyl carbamates (subject to hydrolysis) is 1. The van der Waals surface area contributed by atoms with E-state index < -0.39 is 29.2 Å². The fraction of sp³-hybridized carbons (Fsp3) is 0.500. The van der Waals surface area contributed by atoms with Crippen molar-refractivity contribution in [3.63, 3.8) is 0 Å². The summed E-state index contributed by atoms with van der Waals surface area (Å²) in [4.78, 5) is 11.5. The van der Waals surface area contributed by atoms with Gasteiger partial charge < -0.3 is 10.1 Å². The molecule has 1 saturated carbocycles. The summed E-state index contributed by atoms with van der Waals surface area (Å²) in [6, 6.07) is 4.71. The molecule has 3 nitrogen and oxygen atoms in total. The highest BCUT2D eigenvalue weighted by Gasteiger charge is 2.58. The van der Waals surface area contributed by atoms with Crippen LogP contribution in [0.25, 0.3) is 0 Å². The first-order chi connectivity index (χ1) is 8.71. The maximum absolute atomic E-state index is 14.4. The molecule has 1 N–H and O–H groups in total. The molecule has 1 aliphatic carbocycles. The zero-order chi connectivity index (χ0) is 14.3. The normalized spacial score (nSPS) is 25.8. The monoisotopic (exact) mass is 269 g/mol. The number of carbonyl (C=O) groups excluding carboxylic acids is 1. The second-order valence-corrected chi connectivity index (χ2v) is 5.78. The third kappa shape index (κ3) is 3.22. The molecule has 2 atom stereocenters. The van der Waals surface area contributed by atoms with Crippen molar-refractivity contribution in [3.8, 4) is 0 Å². The summed E-state index contributed by atoms with van der Waals surface area (Å²) in [5, 5.41) is 2.46. The average Bonchev–Trinajstić information content (AvgIpc) is 2.87. The number of halogens is 2. The first-order valence-corrected chi connectivity index (χ1v) is 6.15. The molecule has 19 heavy (non-hydrogen) atoms. The Morgan fingerprint density at radius 2 is 2.16 bits per heavy atom. The highest BCUT2D eigenvalue weighted by atomic mass is 19.1. The minimum atomic E-state index is -1.70. The molecule has 1 amide bonds. The van der Waals surface area contributed by atoms with Crippen molar-refractivity contribution in [2.45, 2.75) is 44.5 Å². The Hall–Kier alpha value is -1.65. The van der Waals surface area contributed by atoms with Crippen LogP contribution in [0.4, 0.5) is 13.6 Å². The maximum Gasteiger partial charge on any atom is 0.407 e. The molecule has 0 radical (unpaired) electrons. The molecule has 2 rings (SSSR count). The smallest absolute Gasteiger partial charge is 0.407 e. The van der Waals surface area contributed by atoms with Gasteiger partial charge in [-0.15, -0.1) is 0 Å². The highest BCUT2D eigenvalue weighted by Crippen LogP contribution is 2.50. The molecule has 0 aromatic heterocycles. The van der Waals surface area contributed by atoms with E-state index in [-0.39, 0.29) is 12.0 Å². The van der Waals surface area contributed by atoms with Crippen molar-refractivity contribution in [1.82, 2.24) is 5.32 Å². The summed E-state index contributed by atoms with van der Waals surface area (Å²) in [7, 11) is 0. The number of benzene rings is 1. The predicted molar refractivity (Wildman–Crippen MR) is 67.0 cm³/mol. The summed E-state index contributed by atoms with van der Waals surface area (Å²) >= 11 is 0. The van der Waals surface area contributed by atoms with Gasteiger partial charge in [-0.25, -0.2) is 13.6 Å². The molecular weight excluding hydrogens is 252 g/mol. The fourth-order valence-electron chi connectivity index (χ4n) is 1.92. The lowest BCUT2D eigenvalue weighted by Crippen LogP contribution is -2.35. The number of nitrogens with one attached hydrogen (secondary N) is 1. The zero-order valence-corrected chi connectivity index (χ0v) is 11.2. The number of carbonyl (C=O) groups is 1. The van der Waals surface area contributed by atoms with Crippen LogP contribution in [0.1, 0.15) is 32.8 Å². The van der Waals surface area contributed by atoms with Crippen LogP contribution in [-0.2, 0) is 10.4 Å². The average molecular weight is 269 g/mol. The molecule has 0 unspecified atom stereocenters. The van der Waals surface area contributed by atoms with E-state index in [1.165, 1.54) is 18.2 Å². The van der Waals surface area contributed by atoms with Gasteiger partial charge in [-0.3, -0.25) is 0 Å². The second kappa shape index (κ2) is 4.47. The molecule has 0 saturated heterocycles. The quantitative estimate of drug-likeness (QED) is 0.894. The summed E-state index contributed by atoms with van der Waals surface area (Å²) < 4.78 is 32.5. The lowest BCUT2D eigenvalue weighted by molar-refractivity contribution is 0.0511. The third-order valence-corrected chi connectivity index (χ3v) is 2.89. The number of hydrogen-bond donors (Lipinski definition) is 1. The van der Waals surface area contributed by atoms with E-state index in [1.807, 2.05) is 0 Å². The van der Waals surface area contributed by atoms with Gasteiger partial charge in [0.1, 0.15) is 11.4 Å². The van der Waals surface area contributed by atoms with Crippen molar-refractivity contribution in [2.24, 2.45) is 0 Å². The largest absolute Gasteiger partial charge is 0.444 e. The Morgan fingerprint density at radius 3 is 2.74 bits per heavy atom. The van der Waals surface area contributed by atoms with Gasteiger partial charge in [-0.1, -0.05) is 12.1 Å². The van der Waals surface area contributed by atoms with Gasteiger partial charge in [-0.2, -0.15) is 0 Å². The number of alkyl halides is 1. The Morgan fingerprint density at radius 1 is 1.47 bits per heavy atom. The lowest BCUT2D eigenvalue weighted by Gasteiger charge is -2.20. The van der Waals surface area contributed by atoms with E-state index in [1.54, 1.807) is 20.8 Å². The van der Waals surface area contributed by atoms with Crippen molar-refractivity contribution in [3.05, 3.63) is 35.6 Å². The molecule has 1 aliphatic rings. The number of rotatable bonds is 2. The van der Waals surface area contributed by atoms with Gasteiger partial charge in [0.25, 0.3) is 0 Å². The fourth-order valence-corrected chi connectivity index (χ4v) is 1.92. The zero-order valence-electron chi connectivity index (χ0n) is 11.2. The van der Waals surface area contributed by atoms with Gasteiger partial charge in [-0.05, 0) is 38.5 Å². The topological polar surface area (TPSA) is 38.3 Å². The highest BCUT2D eigenvalue weighted by molar-refractivity contribution is 5.69. The van der Waals surface area contributed by atoms with Crippen LogP contribution in [0.15, 0.2) is 24.3 Å². The van der Waals surface area contributed by atoms with Crippen LogP contribution in [0, 0.1) is 5.82 Å². The van der Waals surface area contributed by atoms with Gasteiger partial charge >= 0.3 is 6.09 Å². The van der Waals surface area contributed by atoms with Crippen LogP contribution in [0.2, 0.25) is 0 Å². The Kier molecular flexibility index (Phi) is 3.24. The van der Waals surface area contributed by atoms with Crippen LogP contribution >= 0.6 is 0 Å². The van der Waals surface area contributed by atoms with Crippen LogP contribution in [0.3, 0.4) is 0 Å². The van der Waals surface area contributed by atoms with E-state index in [2.05, 4.69) is 5.32 Å². The first kappa shape index (κ1) is 13.8. The molecule has 0 heterocycles. The number of ether oxygens (including phenoxy) is 1. The Balaban J connectivity index is 1.98. The molecule has 5 heteroatoms. The van der Waals surface area contributed by atoms with E-state index >= 15 is 0 Å². The van der Waals surface area contributed by atoms with Crippen molar-refractivity contribution in [1.29, 1.82) is 0 Å². The van der Waals surface area contributed by atoms with E-state index in [0.29, 0.717) is 0 Å². The van der Waals surface area contributed by atoms with Crippen molar-refractivity contribution in [2.75, 3.05) is 0 Å². The molecule has 0 aliphatic heterocycles. The third-order valence-electron chi connectivity index (χ3n) is 2.89. The SMILES string of the molecule is CC(C)(C)OC(=O)N[C@H]1C[C@]1(F)c1cccc(F)c1. The Labute approximate surface area is 111 Å². The Bertz CT molecular complexity index is 498. The van der Waals surface area contributed by atoms with Crippen molar-refractivity contribution >= 4 is 6.09 Å². The number of hydrogen-bond acceptors (Lipinski definition) is 2. The molecule has 1 aromatic rings. The summed E-state index contributed by atoms with van der Waals surface area (Å²) in [6.07, 6.45) is -0.524. The lowest BCUT2D eigenvalue weighted by atomic mass is 10.1. The van der Waals surface area contributed by atoms with Gasteiger partial charge in [0.2, 0.25) is 0 Å².